The van der Waals surface area contributed by atoms with Crippen molar-refractivity contribution in [3.8, 4) is 0 Å². The van der Waals surface area contributed by atoms with Gasteiger partial charge in [-0.1, -0.05) is 15.9 Å². The Balaban J connectivity index is 2.71. The molecule has 0 aliphatic heterocycles. The lowest BCUT2D eigenvalue weighted by molar-refractivity contribution is -0.142. The molecule has 0 aliphatic rings. The van der Waals surface area contributed by atoms with E-state index in [0.29, 0.717) is 13.0 Å². The Morgan fingerprint density at radius 3 is 2.79 bits per heavy atom. The summed E-state index contributed by atoms with van der Waals surface area (Å²) >= 11 is 5.60. The molecule has 0 atom stereocenters. The zero-order chi connectivity index (χ0) is 10.6. The number of esters is 1. The summed E-state index contributed by atoms with van der Waals surface area (Å²) in [6.07, 6.45) is 0.337. The maximum atomic E-state index is 11.2. The number of halogens is 2. The van der Waals surface area contributed by atoms with E-state index in [4.69, 9.17) is 4.74 Å². The Morgan fingerprint density at radius 1 is 1.50 bits per heavy atom. The van der Waals surface area contributed by atoms with Gasteiger partial charge in [-0.05, 0) is 53.3 Å². The van der Waals surface area contributed by atoms with Crippen molar-refractivity contribution in [1.29, 1.82) is 0 Å². The van der Waals surface area contributed by atoms with Crippen LogP contribution in [0.25, 0.3) is 0 Å². The van der Waals surface area contributed by atoms with E-state index in [1.165, 1.54) is 0 Å². The third-order valence-electron chi connectivity index (χ3n) is 1.58. The average Bonchev–Trinajstić information content (AvgIpc) is 2.01. The highest BCUT2D eigenvalue weighted by molar-refractivity contribution is 14.1. The third kappa shape index (κ3) is 3.96. The third-order valence-corrected chi connectivity index (χ3v) is 2.66. The van der Waals surface area contributed by atoms with Crippen molar-refractivity contribution in [2.75, 3.05) is 6.61 Å². The normalized spacial score (nSPS) is 9.93. The number of rotatable bonds is 3. The Bertz CT molecular complexity index is 319. The molecule has 0 aromatic heterocycles. The maximum Gasteiger partial charge on any atom is 0.310 e. The fourth-order valence-corrected chi connectivity index (χ4v) is 2.80. The predicted octanol–water partition coefficient (Wildman–Crippen LogP) is 3.16. The Morgan fingerprint density at radius 2 is 2.21 bits per heavy atom. The van der Waals surface area contributed by atoms with Gasteiger partial charge in [-0.3, -0.25) is 4.79 Å². The van der Waals surface area contributed by atoms with Crippen LogP contribution in [0.1, 0.15) is 12.5 Å². The number of hydrogen-bond donors (Lipinski definition) is 0. The van der Waals surface area contributed by atoms with Crippen molar-refractivity contribution in [1.82, 2.24) is 0 Å². The van der Waals surface area contributed by atoms with E-state index in [1.807, 2.05) is 25.1 Å². The second-order valence-corrected chi connectivity index (χ2v) is 4.92. The van der Waals surface area contributed by atoms with Gasteiger partial charge in [0.15, 0.2) is 0 Å². The van der Waals surface area contributed by atoms with Crippen LogP contribution in [-0.2, 0) is 16.0 Å². The highest BCUT2D eigenvalue weighted by atomic mass is 127. The van der Waals surface area contributed by atoms with Gasteiger partial charge in [-0.25, -0.2) is 0 Å². The van der Waals surface area contributed by atoms with E-state index in [0.717, 1.165) is 13.6 Å². The molecule has 0 saturated carbocycles. The van der Waals surface area contributed by atoms with Crippen LogP contribution in [0.5, 0.6) is 0 Å². The van der Waals surface area contributed by atoms with E-state index in [2.05, 4.69) is 38.5 Å². The molecule has 14 heavy (non-hydrogen) atoms. The van der Waals surface area contributed by atoms with Crippen LogP contribution in [0.2, 0.25) is 0 Å². The summed E-state index contributed by atoms with van der Waals surface area (Å²) in [5.41, 5.74) is 0.974. The largest absolute Gasteiger partial charge is 0.466 e. The van der Waals surface area contributed by atoms with Crippen molar-refractivity contribution in [3.05, 3.63) is 31.8 Å². The number of hydrogen-bond acceptors (Lipinski definition) is 2. The molecule has 0 fully saturated rings. The summed E-state index contributed by atoms with van der Waals surface area (Å²) in [5, 5.41) is 0. The van der Waals surface area contributed by atoms with Gasteiger partial charge in [0.2, 0.25) is 0 Å². The molecule has 2 nitrogen and oxygen atoms in total. The lowest BCUT2D eigenvalue weighted by Crippen LogP contribution is -2.07. The summed E-state index contributed by atoms with van der Waals surface area (Å²) in [5.74, 6) is -0.179. The van der Waals surface area contributed by atoms with Gasteiger partial charge in [0.25, 0.3) is 0 Å². The molecule has 0 aliphatic carbocycles. The van der Waals surface area contributed by atoms with E-state index < -0.39 is 0 Å². The zero-order valence-corrected chi connectivity index (χ0v) is 11.5. The van der Waals surface area contributed by atoms with Gasteiger partial charge < -0.3 is 4.74 Å². The molecule has 4 heteroatoms. The van der Waals surface area contributed by atoms with Crippen LogP contribution in [0.3, 0.4) is 0 Å². The van der Waals surface area contributed by atoms with Crippen molar-refractivity contribution < 1.29 is 9.53 Å². The van der Waals surface area contributed by atoms with Crippen LogP contribution in [0.15, 0.2) is 22.7 Å². The minimum absolute atomic E-state index is 0.179. The molecule has 0 bridgehead atoms. The number of carbonyl (C=O) groups excluding carboxylic acids is 1. The molecule has 0 radical (unpaired) electrons. The highest BCUT2D eigenvalue weighted by Crippen LogP contribution is 2.17. The molecule has 1 aromatic rings. The van der Waals surface area contributed by atoms with Crippen LogP contribution < -0.4 is 0 Å². The van der Waals surface area contributed by atoms with Crippen molar-refractivity contribution in [3.63, 3.8) is 0 Å². The second-order valence-electron chi connectivity index (χ2n) is 2.76. The smallest absolute Gasteiger partial charge is 0.310 e. The summed E-state index contributed by atoms with van der Waals surface area (Å²) < 4.78 is 6.97. The topological polar surface area (TPSA) is 26.3 Å². The zero-order valence-electron chi connectivity index (χ0n) is 7.72. The fraction of sp³-hybridized carbons (Fsp3) is 0.300. The monoisotopic (exact) mass is 368 g/mol. The Kier molecular flexibility index (Phi) is 4.88. The van der Waals surface area contributed by atoms with Crippen LogP contribution in [0.4, 0.5) is 0 Å². The molecule has 1 rings (SSSR count). The van der Waals surface area contributed by atoms with Crippen LogP contribution in [-0.4, -0.2) is 12.6 Å². The highest BCUT2D eigenvalue weighted by Gasteiger charge is 2.05. The first-order valence-electron chi connectivity index (χ1n) is 4.22. The van der Waals surface area contributed by atoms with Gasteiger partial charge in [-0.2, -0.15) is 0 Å². The fourth-order valence-electron chi connectivity index (χ4n) is 1.09. The minimum Gasteiger partial charge on any atom is -0.466 e. The SMILES string of the molecule is CCOC(=O)Cc1cc(Br)cc(I)c1. The number of ether oxygens (including phenoxy) is 1. The number of carbonyl (C=O) groups is 1. The first-order valence-corrected chi connectivity index (χ1v) is 6.09. The van der Waals surface area contributed by atoms with E-state index in [9.17, 15) is 4.79 Å². The quantitative estimate of drug-likeness (QED) is 0.605. The molecule has 0 saturated heterocycles. The average molecular weight is 369 g/mol. The molecule has 1 aromatic carbocycles. The van der Waals surface area contributed by atoms with Gasteiger partial charge in [0.1, 0.15) is 0 Å². The van der Waals surface area contributed by atoms with Crippen LogP contribution in [0, 0.1) is 3.57 Å². The molecule has 76 valence electrons. The summed E-state index contributed by atoms with van der Waals surface area (Å²) in [6, 6.07) is 5.90. The first kappa shape index (κ1) is 12.0. The second kappa shape index (κ2) is 5.70. The number of benzene rings is 1. The molecule has 0 spiro atoms. The van der Waals surface area contributed by atoms with E-state index in [1.54, 1.807) is 0 Å². The summed E-state index contributed by atoms with van der Waals surface area (Å²) in [4.78, 5) is 11.2. The van der Waals surface area contributed by atoms with Crippen LogP contribution >= 0.6 is 38.5 Å². The molecule has 0 amide bonds. The van der Waals surface area contributed by atoms with E-state index >= 15 is 0 Å². The molecule has 0 unspecified atom stereocenters. The van der Waals surface area contributed by atoms with Gasteiger partial charge in [-0.15, -0.1) is 0 Å². The molecule has 0 N–H and O–H groups in total. The Hall–Kier alpha value is -0.100. The lowest BCUT2D eigenvalue weighted by Gasteiger charge is -2.03. The van der Waals surface area contributed by atoms with Crippen molar-refractivity contribution >= 4 is 44.5 Å². The minimum atomic E-state index is -0.179. The Labute approximate surface area is 105 Å². The van der Waals surface area contributed by atoms with Gasteiger partial charge >= 0.3 is 5.97 Å². The van der Waals surface area contributed by atoms with Gasteiger partial charge in [0.05, 0.1) is 13.0 Å². The molecular weight excluding hydrogens is 359 g/mol. The summed E-state index contributed by atoms with van der Waals surface area (Å²) in [6.45, 7) is 2.24. The standard InChI is InChI=1S/C10H10BrIO2/c1-2-14-10(13)5-7-3-8(11)6-9(12)4-7/h3-4,6H,2,5H2,1H3. The predicted molar refractivity (Wildman–Crippen MR) is 67.2 cm³/mol. The van der Waals surface area contributed by atoms with Gasteiger partial charge in [0, 0.05) is 8.04 Å². The first-order chi connectivity index (χ1) is 6.61. The molecular formula is C10H10BrIO2. The summed E-state index contributed by atoms with van der Waals surface area (Å²) in [7, 11) is 0. The van der Waals surface area contributed by atoms with Crippen molar-refractivity contribution in [2.24, 2.45) is 0 Å². The van der Waals surface area contributed by atoms with E-state index in [-0.39, 0.29) is 5.97 Å². The maximum absolute atomic E-state index is 11.2. The van der Waals surface area contributed by atoms with Crippen molar-refractivity contribution in [2.45, 2.75) is 13.3 Å². The lowest BCUT2D eigenvalue weighted by atomic mass is 10.2. The molecule has 0 heterocycles.